The lowest BCUT2D eigenvalue weighted by Crippen LogP contribution is -2.15. The van der Waals surface area contributed by atoms with Gasteiger partial charge in [-0.25, -0.2) is 8.42 Å². The fourth-order valence-corrected chi connectivity index (χ4v) is 5.63. The van der Waals surface area contributed by atoms with Gasteiger partial charge in [0.1, 0.15) is 16.4 Å². The molecule has 138 valence electrons. The Morgan fingerprint density at radius 2 is 1.88 bits per heavy atom. The molecule has 0 bridgehead atoms. The monoisotopic (exact) mass is 394 g/mol. The van der Waals surface area contributed by atoms with E-state index in [2.05, 4.69) is 9.88 Å². The predicted molar refractivity (Wildman–Crippen MR) is 99.6 cm³/mol. The van der Waals surface area contributed by atoms with Crippen LogP contribution >= 0.6 is 11.3 Å². The number of anilines is 1. The van der Waals surface area contributed by atoms with E-state index in [4.69, 9.17) is 14.0 Å². The molecular weight excluding hydrogens is 376 g/mol. The number of ether oxygens (including phenoxy) is 2. The van der Waals surface area contributed by atoms with Gasteiger partial charge < -0.3 is 14.0 Å². The van der Waals surface area contributed by atoms with E-state index in [1.54, 1.807) is 31.2 Å². The summed E-state index contributed by atoms with van der Waals surface area (Å²) < 4.78 is 44.5. The third-order valence-corrected chi connectivity index (χ3v) is 6.50. The Kier molecular flexibility index (Phi) is 4.92. The number of hydrogen-bond donors (Lipinski definition) is 1. The van der Waals surface area contributed by atoms with E-state index in [0.29, 0.717) is 33.4 Å². The highest BCUT2D eigenvalue weighted by atomic mass is 32.2. The quantitative estimate of drug-likeness (QED) is 0.683. The minimum absolute atomic E-state index is 0.176. The van der Waals surface area contributed by atoms with Gasteiger partial charge in [0.2, 0.25) is 0 Å². The van der Waals surface area contributed by atoms with E-state index < -0.39 is 10.0 Å². The summed E-state index contributed by atoms with van der Waals surface area (Å²) in [6, 6.07) is 6.50. The minimum Gasteiger partial charge on any atom is -0.497 e. The Balaban J connectivity index is 2.08. The highest BCUT2D eigenvalue weighted by molar-refractivity contribution is 7.93. The number of benzene rings is 1. The van der Waals surface area contributed by atoms with Crippen molar-refractivity contribution in [1.82, 2.24) is 5.16 Å². The molecule has 1 aromatic carbocycles. The Morgan fingerprint density at radius 3 is 2.50 bits per heavy atom. The van der Waals surface area contributed by atoms with E-state index in [0.717, 1.165) is 4.88 Å². The molecule has 0 aliphatic heterocycles. The van der Waals surface area contributed by atoms with Crippen molar-refractivity contribution in [3.05, 3.63) is 40.2 Å². The minimum atomic E-state index is -3.88. The maximum atomic E-state index is 13.1. The molecule has 0 saturated carbocycles. The van der Waals surface area contributed by atoms with Gasteiger partial charge in [-0.15, -0.1) is 11.3 Å². The Bertz CT molecular complexity index is 1020. The van der Waals surface area contributed by atoms with E-state index in [-0.39, 0.29) is 4.90 Å². The van der Waals surface area contributed by atoms with Gasteiger partial charge in [-0.1, -0.05) is 5.16 Å². The van der Waals surface area contributed by atoms with Crippen LogP contribution in [0.2, 0.25) is 0 Å². The number of hydrogen-bond acceptors (Lipinski definition) is 7. The molecule has 7 nitrogen and oxygen atoms in total. The fraction of sp³-hybridized carbons (Fsp3) is 0.235. The normalized spacial score (nSPS) is 11.4. The van der Waals surface area contributed by atoms with Crippen molar-refractivity contribution >= 4 is 27.0 Å². The smallest absolute Gasteiger partial charge is 0.263 e. The topological polar surface area (TPSA) is 90.7 Å². The molecule has 2 aromatic heterocycles. The van der Waals surface area contributed by atoms with Crippen molar-refractivity contribution in [2.75, 3.05) is 18.9 Å². The summed E-state index contributed by atoms with van der Waals surface area (Å²) in [6.07, 6.45) is 1.48. The Hall–Kier alpha value is -2.52. The third-order valence-electron chi connectivity index (χ3n) is 3.81. The second-order valence-corrected chi connectivity index (χ2v) is 8.52. The second-order valence-electron chi connectivity index (χ2n) is 5.47. The van der Waals surface area contributed by atoms with E-state index in [9.17, 15) is 8.42 Å². The Morgan fingerprint density at radius 1 is 1.12 bits per heavy atom. The van der Waals surface area contributed by atoms with Gasteiger partial charge in [-0.3, -0.25) is 4.72 Å². The van der Waals surface area contributed by atoms with Gasteiger partial charge >= 0.3 is 0 Å². The molecule has 2 heterocycles. The van der Waals surface area contributed by atoms with Crippen LogP contribution in [0.5, 0.6) is 11.5 Å². The summed E-state index contributed by atoms with van der Waals surface area (Å²) in [4.78, 5) is 1.67. The van der Waals surface area contributed by atoms with Gasteiger partial charge in [-0.05, 0) is 26.0 Å². The van der Waals surface area contributed by atoms with Gasteiger partial charge in [0, 0.05) is 21.9 Å². The maximum Gasteiger partial charge on any atom is 0.263 e. The lowest BCUT2D eigenvalue weighted by molar-refractivity contribution is 0.395. The van der Waals surface area contributed by atoms with E-state index in [1.807, 2.05) is 6.92 Å². The van der Waals surface area contributed by atoms with E-state index >= 15 is 0 Å². The van der Waals surface area contributed by atoms with Crippen LogP contribution in [0.4, 0.5) is 5.69 Å². The predicted octanol–water partition coefficient (Wildman–Crippen LogP) is 3.84. The first-order valence-corrected chi connectivity index (χ1v) is 9.93. The van der Waals surface area contributed by atoms with Gasteiger partial charge in [0.05, 0.1) is 31.7 Å². The first-order chi connectivity index (χ1) is 12.4. The maximum absolute atomic E-state index is 13.1. The number of nitrogens with zero attached hydrogens (tertiary/aromatic N) is 1. The third kappa shape index (κ3) is 3.27. The highest BCUT2D eigenvalue weighted by Crippen LogP contribution is 2.40. The van der Waals surface area contributed by atoms with E-state index in [1.165, 1.54) is 31.8 Å². The molecule has 0 atom stereocenters. The standard InChI is InChI=1S/C17H18N2O5S2/c1-10-16(14-7-8-18-24-14)17(11(2)25-10)26(20,21)19-13-6-5-12(22-3)9-15(13)23-4/h5-9,19H,1-4H3. The first kappa shape index (κ1) is 18.3. The zero-order valence-corrected chi connectivity index (χ0v) is 16.3. The summed E-state index contributed by atoms with van der Waals surface area (Å²) in [6.45, 7) is 3.61. The summed E-state index contributed by atoms with van der Waals surface area (Å²) in [5.41, 5.74) is 0.838. The van der Waals surface area contributed by atoms with Crippen LogP contribution in [0, 0.1) is 13.8 Å². The van der Waals surface area contributed by atoms with Crippen LogP contribution in [0.3, 0.4) is 0 Å². The van der Waals surface area contributed by atoms with Crippen LogP contribution in [0.1, 0.15) is 9.75 Å². The summed E-state index contributed by atoms with van der Waals surface area (Å²) in [5.74, 6) is 1.34. The Labute approximate surface area is 155 Å². The zero-order valence-electron chi connectivity index (χ0n) is 14.7. The van der Waals surface area contributed by atoms with Crippen molar-refractivity contribution in [3.63, 3.8) is 0 Å². The molecule has 9 heteroatoms. The fourth-order valence-electron chi connectivity index (χ4n) is 2.70. The average molecular weight is 394 g/mol. The number of rotatable bonds is 6. The average Bonchev–Trinajstić information content (AvgIpc) is 3.22. The molecule has 0 spiro atoms. The number of sulfonamides is 1. The van der Waals surface area contributed by atoms with Crippen LogP contribution in [0.15, 0.2) is 39.9 Å². The van der Waals surface area contributed by atoms with Crippen molar-refractivity contribution in [3.8, 4) is 22.8 Å². The van der Waals surface area contributed by atoms with Crippen molar-refractivity contribution < 1.29 is 22.4 Å². The first-order valence-electron chi connectivity index (χ1n) is 7.63. The molecule has 0 radical (unpaired) electrons. The molecule has 3 aromatic rings. The molecule has 0 fully saturated rings. The van der Waals surface area contributed by atoms with Crippen LogP contribution in [0.25, 0.3) is 11.3 Å². The van der Waals surface area contributed by atoms with Crippen molar-refractivity contribution in [2.24, 2.45) is 0 Å². The van der Waals surface area contributed by atoms with Gasteiger partial charge in [0.25, 0.3) is 10.0 Å². The second kappa shape index (κ2) is 7.00. The van der Waals surface area contributed by atoms with Crippen molar-refractivity contribution in [1.29, 1.82) is 0 Å². The van der Waals surface area contributed by atoms with Crippen LogP contribution in [-0.4, -0.2) is 27.8 Å². The highest BCUT2D eigenvalue weighted by Gasteiger charge is 2.28. The van der Waals surface area contributed by atoms with Crippen LogP contribution in [-0.2, 0) is 10.0 Å². The number of thiophene rings is 1. The molecule has 1 N–H and O–H groups in total. The summed E-state index contributed by atoms with van der Waals surface area (Å²) >= 11 is 1.39. The number of aromatic nitrogens is 1. The van der Waals surface area contributed by atoms with Crippen molar-refractivity contribution in [2.45, 2.75) is 18.7 Å². The number of nitrogens with one attached hydrogen (secondary N) is 1. The molecule has 0 amide bonds. The SMILES string of the molecule is COc1ccc(NS(=O)(=O)c2c(C)sc(C)c2-c2ccno2)c(OC)c1. The zero-order chi connectivity index (χ0) is 18.9. The summed E-state index contributed by atoms with van der Waals surface area (Å²) in [7, 11) is -0.888. The molecule has 0 saturated heterocycles. The summed E-state index contributed by atoms with van der Waals surface area (Å²) in [5, 5.41) is 3.68. The lowest BCUT2D eigenvalue weighted by Gasteiger charge is -2.14. The molecular formula is C17H18N2O5S2. The van der Waals surface area contributed by atoms with Gasteiger partial charge in [0.15, 0.2) is 5.76 Å². The number of methoxy groups -OCH3 is 2. The largest absolute Gasteiger partial charge is 0.497 e. The molecule has 0 aliphatic carbocycles. The number of aryl methyl sites for hydroxylation is 2. The van der Waals surface area contributed by atoms with Crippen LogP contribution < -0.4 is 14.2 Å². The molecule has 3 rings (SSSR count). The lowest BCUT2D eigenvalue weighted by atomic mass is 10.2. The van der Waals surface area contributed by atoms with Gasteiger partial charge in [-0.2, -0.15) is 0 Å². The molecule has 0 aliphatic rings. The molecule has 26 heavy (non-hydrogen) atoms. The molecule has 0 unspecified atom stereocenters.